The summed E-state index contributed by atoms with van der Waals surface area (Å²) in [6.45, 7) is 2.62. The van der Waals surface area contributed by atoms with E-state index in [0.29, 0.717) is 0 Å². The van der Waals surface area contributed by atoms with Crippen LogP contribution in [0.5, 0.6) is 0 Å². The Hall–Kier alpha value is -0.320. The van der Waals surface area contributed by atoms with Gasteiger partial charge in [-0.1, -0.05) is 15.9 Å². The summed E-state index contributed by atoms with van der Waals surface area (Å²) in [4.78, 5) is 14.6. The number of carbonyl (C=O) groups excluding carboxylic acids is 1. The molecule has 0 bridgehead atoms. The van der Waals surface area contributed by atoms with Crippen molar-refractivity contribution in [2.45, 2.75) is 11.8 Å². The van der Waals surface area contributed by atoms with Crippen LogP contribution in [0.2, 0.25) is 0 Å². The fraction of sp³-hybridized carbons (Fsp3) is 0.417. The molecule has 0 aliphatic heterocycles. The lowest BCUT2D eigenvalue weighted by Crippen LogP contribution is -2.14. The molecule has 1 aromatic rings. The van der Waals surface area contributed by atoms with Gasteiger partial charge < -0.3 is 4.90 Å². The normalized spacial score (nSPS) is 10.8. The molecule has 0 saturated heterocycles. The molecule has 0 aliphatic carbocycles. The molecule has 0 fully saturated rings. The Labute approximate surface area is 110 Å². The van der Waals surface area contributed by atoms with E-state index in [4.69, 9.17) is 0 Å². The molecule has 2 nitrogen and oxygen atoms in total. The van der Waals surface area contributed by atoms with E-state index in [9.17, 15) is 4.79 Å². The van der Waals surface area contributed by atoms with E-state index in [1.54, 1.807) is 18.7 Å². The summed E-state index contributed by atoms with van der Waals surface area (Å²) < 4.78 is 1.02. The first kappa shape index (κ1) is 13.7. The molecular formula is C12H16BrNOS. The van der Waals surface area contributed by atoms with E-state index in [-0.39, 0.29) is 5.78 Å². The summed E-state index contributed by atoms with van der Waals surface area (Å²) in [7, 11) is 4.10. The third kappa shape index (κ3) is 4.28. The molecule has 0 atom stereocenters. The lowest BCUT2D eigenvalue weighted by molar-refractivity contribution is 0.101. The lowest BCUT2D eigenvalue weighted by Gasteiger charge is -2.10. The summed E-state index contributed by atoms with van der Waals surface area (Å²) in [5, 5.41) is 0. The van der Waals surface area contributed by atoms with Gasteiger partial charge in [-0.2, -0.15) is 0 Å². The van der Waals surface area contributed by atoms with E-state index < -0.39 is 0 Å². The van der Waals surface area contributed by atoms with Crippen LogP contribution >= 0.6 is 27.7 Å². The van der Waals surface area contributed by atoms with Gasteiger partial charge in [0.15, 0.2) is 5.78 Å². The summed E-state index contributed by atoms with van der Waals surface area (Å²) in [6.07, 6.45) is 0. The maximum absolute atomic E-state index is 11.4. The van der Waals surface area contributed by atoms with Crippen LogP contribution in [0.3, 0.4) is 0 Å². The average molecular weight is 302 g/mol. The molecule has 88 valence electrons. The number of hydrogen-bond acceptors (Lipinski definition) is 3. The number of benzene rings is 1. The zero-order valence-electron chi connectivity index (χ0n) is 9.79. The van der Waals surface area contributed by atoms with Gasteiger partial charge in [0.1, 0.15) is 0 Å². The highest BCUT2D eigenvalue weighted by Gasteiger charge is 2.08. The number of carbonyl (C=O) groups is 1. The van der Waals surface area contributed by atoms with Crippen LogP contribution in [0.1, 0.15) is 17.3 Å². The Morgan fingerprint density at radius 1 is 1.44 bits per heavy atom. The third-order valence-electron chi connectivity index (χ3n) is 2.12. The minimum atomic E-state index is 0.125. The molecule has 16 heavy (non-hydrogen) atoms. The Morgan fingerprint density at radius 2 is 2.12 bits per heavy atom. The first-order chi connectivity index (χ1) is 7.50. The maximum Gasteiger partial charge on any atom is 0.160 e. The number of hydrogen-bond donors (Lipinski definition) is 0. The fourth-order valence-electron chi connectivity index (χ4n) is 1.24. The van der Waals surface area contributed by atoms with E-state index in [2.05, 4.69) is 20.8 Å². The van der Waals surface area contributed by atoms with Gasteiger partial charge in [-0.15, -0.1) is 11.8 Å². The molecule has 0 aromatic heterocycles. The van der Waals surface area contributed by atoms with Gasteiger partial charge in [0, 0.05) is 27.2 Å². The van der Waals surface area contributed by atoms with E-state index in [1.165, 1.54) is 0 Å². The van der Waals surface area contributed by atoms with Crippen molar-refractivity contribution in [2.75, 3.05) is 26.4 Å². The Kier molecular flexibility index (Phi) is 5.52. The van der Waals surface area contributed by atoms with Crippen LogP contribution in [-0.4, -0.2) is 37.1 Å². The van der Waals surface area contributed by atoms with Crippen LogP contribution in [-0.2, 0) is 0 Å². The monoisotopic (exact) mass is 301 g/mol. The highest BCUT2D eigenvalue weighted by molar-refractivity contribution is 9.10. The van der Waals surface area contributed by atoms with Crippen LogP contribution < -0.4 is 0 Å². The molecule has 0 amide bonds. The molecule has 0 spiro atoms. The van der Waals surface area contributed by atoms with Crippen molar-refractivity contribution >= 4 is 33.5 Å². The number of ketones is 1. The number of rotatable bonds is 5. The SMILES string of the molecule is CC(=O)c1ccc(Br)cc1SCCN(C)C. The summed E-state index contributed by atoms with van der Waals surface area (Å²) in [6, 6.07) is 5.80. The Bertz CT molecular complexity index is 379. The van der Waals surface area contributed by atoms with Crippen LogP contribution in [0.25, 0.3) is 0 Å². The molecular weight excluding hydrogens is 286 g/mol. The molecule has 0 saturated carbocycles. The van der Waals surface area contributed by atoms with Crippen molar-refractivity contribution in [3.63, 3.8) is 0 Å². The Morgan fingerprint density at radius 3 is 2.69 bits per heavy atom. The molecule has 0 radical (unpaired) electrons. The fourth-order valence-corrected chi connectivity index (χ4v) is 3.01. The number of nitrogens with zero attached hydrogens (tertiary/aromatic N) is 1. The molecule has 1 rings (SSSR count). The largest absolute Gasteiger partial charge is 0.309 e. The van der Waals surface area contributed by atoms with Gasteiger partial charge >= 0.3 is 0 Å². The highest BCUT2D eigenvalue weighted by atomic mass is 79.9. The molecule has 0 N–H and O–H groups in total. The van der Waals surface area contributed by atoms with E-state index in [0.717, 1.165) is 27.2 Å². The van der Waals surface area contributed by atoms with Crippen molar-refractivity contribution in [3.8, 4) is 0 Å². The lowest BCUT2D eigenvalue weighted by atomic mass is 10.1. The predicted octanol–water partition coefficient (Wildman–Crippen LogP) is 3.31. The van der Waals surface area contributed by atoms with Gasteiger partial charge in [-0.25, -0.2) is 0 Å². The van der Waals surface area contributed by atoms with Gasteiger partial charge in [0.2, 0.25) is 0 Å². The molecule has 0 unspecified atom stereocenters. The zero-order chi connectivity index (χ0) is 12.1. The quantitative estimate of drug-likeness (QED) is 0.615. The second kappa shape index (κ2) is 6.42. The van der Waals surface area contributed by atoms with Gasteiger partial charge in [-0.05, 0) is 39.2 Å². The molecule has 0 heterocycles. The summed E-state index contributed by atoms with van der Waals surface area (Å²) >= 11 is 5.16. The standard InChI is InChI=1S/C12H16BrNOS/c1-9(15)11-5-4-10(13)8-12(11)16-7-6-14(2)3/h4-5,8H,6-7H2,1-3H3. The van der Waals surface area contributed by atoms with Crippen molar-refractivity contribution in [2.24, 2.45) is 0 Å². The van der Waals surface area contributed by atoms with E-state index >= 15 is 0 Å². The minimum absolute atomic E-state index is 0.125. The minimum Gasteiger partial charge on any atom is -0.309 e. The van der Waals surface area contributed by atoms with Gasteiger partial charge in [0.25, 0.3) is 0 Å². The number of thioether (sulfide) groups is 1. The summed E-state index contributed by atoms with van der Waals surface area (Å²) in [5.41, 5.74) is 0.812. The van der Waals surface area contributed by atoms with Crippen LogP contribution in [0.4, 0.5) is 0 Å². The smallest absolute Gasteiger partial charge is 0.160 e. The maximum atomic E-state index is 11.4. The topological polar surface area (TPSA) is 20.3 Å². The van der Waals surface area contributed by atoms with Gasteiger partial charge in [0.05, 0.1) is 0 Å². The highest BCUT2D eigenvalue weighted by Crippen LogP contribution is 2.26. The number of halogens is 1. The average Bonchev–Trinajstić information content (AvgIpc) is 2.16. The molecule has 4 heteroatoms. The molecule has 0 aliphatic rings. The first-order valence-corrected chi connectivity index (χ1v) is 6.86. The number of Topliss-reactive ketones (excluding diaryl/α,β-unsaturated/α-hetero) is 1. The Balaban J connectivity index is 2.76. The first-order valence-electron chi connectivity index (χ1n) is 5.08. The van der Waals surface area contributed by atoms with E-state index in [1.807, 2.05) is 32.3 Å². The second-order valence-corrected chi connectivity index (χ2v) is 5.90. The van der Waals surface area contributed by atoms with Gasteiger partial charge in [-0.3, -0.25) is 4.79 Å². The van der Waals surface area contributed by atoms with Crippen LogP contribution in [0, 0.1) is 0 Å². The predicted molar refractivity (Wildman–Crippen MR) is 73.4 cm³/mol. The zero-order valence-corrected chi connectivity index (χ0v) is 12.2. The third-order valence-corrected chi connectivity index (χ3v) is 3.65. The van der Waals surface area contributed by atoms with Crippen molar-refractivity contribution in [3.05, 3.63) is 28.2 Å². The van der Waals surface area contributed by atoms with Crippen LogP contribution in [0.15, 0.2) is 27.6 Å². The molecule has 1 aromatic carbocycles. The summed E-state index contributed by atoms with van der Waals surface area (Å²) in [5.74, 6) is 1.11. The van der Waals surface area contributed by atoms with Crippen molar-refractivity contribution in [1.29, 1.82) is 0 Å². The van der Waals surface area contributed by atoms with Crippen molar-refractivity contribution < 1.29 is 4.79 Å². The van der Waals surface area contributed by atoms with Crippen molar-refractivity contribution in [1.82, 2.24) is 4.90 Å². The second-order valence-electron chi connectivity index (χ2n) is 3.85.